The smallest absolute Gasteiger partial charge is 0.281 e. The van der Waals surface area contributed by atoms with Gasteiger partial charge in [0.05, 0.1) is 28.8 Å². The van der Waals surface area contributed by atoms with Gasteiger partial charge in [0.1, 0.15) is 17.0 Å². The van der Waals surface area contributed by atoms with Crippen LogP contribution in [0.2, 0.25) is 0 Å². The Hall–Kier alpha value is -4.22. The van der Waals surface area contributed by atoms with E-state index >= 15 is 0 Å². The lowest BCUT2D eigenvalue weighted by atomic mass is 9.94. The molecule has 0 spiro atoms. The molecule has 3 aromatic heterocycles. The molecule has 1 amide bonds. The topological polar surface area (TPSA) is 136 Å². The Morgan fingerprint density at radius 2 is 1.90 bits per heavy atom. The van der Waals surface area contributed by atoms with Crippen LogP contribution in [0.15, 0.2) is 64.2 Å². The first-order chi connectivity index (χ1) is 19.7. The number of aryl methyl sites for hydroxylation is 2. The number of H-pyrrole nitrogens is 1. The van der Waals surface area contributed by atoms with Crippen LogP contribution in [0, 0.1) is 19.8 Å². The van der Waals surface area contributed by atoms with E-state index in [9.17, 15) is 13.2 Å². The molecule has 1 aliphatic heterocycles. The van der Waals surface area contributed by atoms with Crippen LogP contribution in [-0.4, -0.2) is 48.8 Å². The molecule has 212 valence electrons. The largest absolute Gasteiger partial charge is 0.490 e. The Morgan fingerprint density at radius 1 is 1.12 bits per heavy atom. The maximum atomic E-state index is 13.8. The number of carbonyl (C=O) groups excluding carboxylic acids is 1. The van der Waals surface area contributed by atoms with Crippen LogP contribution in [0.4, 0.5) is 0 Å². The number of carbonyl (C=O) groups is 1. The second-order valence-corrected chi connectivity index (χ2v) is 12.0. The zero-order valence-corrected chi connectivity index (χ0v) is 23.7. The molecule has 41 heavy (non-hydrogen) atoms. The summed E-state index contributed by atoms with van der Waals surface area (Å²) in [5.41, 5.74) is 3.38. The van der Waals surface area contributed by atoms with Gasteiger partial charge < -0.3 is 13.9 Å². The number of sulfonamides is 1. The third kappa shape index (κ3) is 5.07. The van der Waals surface area contributed by atoms with Crippen molar-refractivity contribution in [3.8, 4) is 17.2 Å². The summed E-state index contributed by atoms with van der Waals surface area (Å²) in [6.45, 7) is 7.17. The lowest BCUT2D eigenvalue weighted by molar-refractivity contribution is 0.0243. The molecule has 5 aromatic rings. The second kappa shape index (κ2) is 10.6. The summed E-state index contributed by atoms with van der Waals surface area (Å²) in [5, 5.41) is 7.23. The fourth-order valence-electron chi connectivity index (χ4n) is 5.36. The van der Waals surface area contributed by atoms with E-state index in [2.05, 4.69) is 14.9 Å². The van der Waals surface area contributed by atoms with E-state index < -0.39 is 15.9 Å². The van der Waals surface area contributed by atoms with Gasteiger partial charge in [-0.1, -0.05) is 24.3 Å². The van der Waals surface area contributed by atoms with Gasteiger partial charge in [-0.25, -0.2) is 9.71 Å². The number of furan rings is 1. The molecule has 1 fully saturated rings. The van der Waals surface area contributed by atoms with Crippen LogP contribution in [0.3, 0.4) is 0 Å². The number of para-hydroxylation sites is 1. The summed E-state index contributed by atoms with van der Waals surface area (Å²) >= 11 is 0. The quantitative estimate of drug-likeness (QED) is 0.267. The Bertz CT molecular complexity index is 1860. The molecule has 1 atom stereocenters. The minimum Gasteiger partial charge on any atom is -0.490 e. The Balaban J connectivity index is 1.52. The molecule has 10 nitrogen and oxygen atoms in total. The highest BCUT2D eigenvalue weighted by atomic mass is 32.2. The zero-order chi connectivity index (χ0) is 28.7. The van der Waals surface area contributed by atoms with Crippen LogP contribution in [0.25, 0.3) is 33.3 Å². The molecule has 0 saturated carbocycles. The van der Waals surface area contributed by atoms with Gasteiger partial charge in [0, 0.05) is 24.2 Å². The fourth-order valence-corrected chi connectivity index (χ4v) is 6.24. The molecule has 0 radical (unpaired) electrons. The predicted octanol–water partition coefficient (Wildman–Crippen LogP) is 5.30. The van der Waals surface area contributed by atoms with Gasteiger partial charge in [0.25, 0.3) is 15.9 Å². The summed E-state index contributed by atoms with van der Waals surface area (Å²) in [4.78, 5) is 18.7. The third-order valence-electron chi connectivity index (χ3n) is 7.68. The monoisotopic (exact) mass is 574 g/mol. The normalized spacial score (nSPS) is 15.3. The fraction of sp³-hybridized carbons (Fsp3) is 0.300. The van der Waals surface area contributed by atoms with Crippen LogP contribution in [0.5, 0.6) is 5.75 Å². The van der Waals surface area contributed by atoms with Crippen molar-refractivity contribution in [1.29, 1.82) is 0 Å². The highest BCUT2D eigenvalue weighted by Gasteiger charge is 2.28. The van der Waals surface area contributed by atoms with Gasteiger partial charge in [0.15, 0.2) is 10.8 Å². The molecule has 0 unspecified atom stereocenters. The number of pyridine rings is 1. The average Bonchev–Trinajstić information content (AvgIpc) is 3.64. The Kier molecular flexibility index (Phi) is 7.00. The number of benzene rings is 2. The molecule has 6 rings (SSSR count). The van der Waals surface area contributed by atoms with Crippen molar-refractivity contribution in [3.05, 3.63) is 71.4 Å². The highest BCUT2D eigenvalue weighted by Crippen LogP contribution is 2.38. The summed E-state index contributed by atoms with van der Waals surface area (Å²) in [6.07, 6.45) is 2.88. The van der Waals surface area contributed by atoms with E-state index in [1.165, 1.54) is 12.3 Å². The minimum atomic E-state index is -4.22. The van der Waals surface area contributed by atoms with E-state index in [0.29, 0.717) is 46.9 Å². The number of rotatable bonds is 7. The predicted molar refractivity (Wildman–Crippen MR) is 153 cm³/mol. The zero-order valence-electron chi connectivity index (χ0n) is 22.9. The third-order valence-corrected chi connectivity index (χ3v) is 8.94. The van der Waals surface area contributed by atoms with Crippen molar-refractivity contribution in [2.75, 3.05) is 13.2 Å². The van der Waals surface area contributed by atoms with E-state index in [1.54, 1.807) is 6.07 Å². The summed E-state index contributed by atoms with van der Waals surface area (Å²) < 4.78 is 46.3. The maximum absolute atomic E-state index is 13.8. The lowest BCUT2D eigenvalue weighted by Crippen LogP contribution is -2.31. The molecular weight excluding hydrogens is 544 g/mol. The van der Waals surface area contributed by atoms with Gasteiger partial charge >= 0.3 is 0 Å². The van der Waals surface area contributed by atoms with Crippen LogP contribution in [-0.2, 0) is 14.8 Å². The molecule has 2 aromatic carbocycles. The maximum Gasteiger partial charge on any atom is 0.281 e. The number of ether oxygens (including phenoxy) is 2. The highest BCUT2D eigenvalue weighted by molar-refractivity contribution is 7.90. The minimum absolute atomic E-state index is 0.103. The van der Waals surface area contributed by atoms with Gasteiger partial charge in [0.2, 0.25) is 0 Å². The van der Waals surface area contributed by atoms with Crippen molar-refractivity contribution in [1.82, 2.24) is 19.9 Å². The van der Waals surface area contributed by atoms with Crippen LogP contribution in [0.1, 0.15) is 41.3 Å². The Labute approximate surface area is 237 Å². The van der Waals surface area contributed by atoms with Crippen LogP contribution < -0.4 is 9.46 Å². The van der Waals surface area contributed by atoms with E-state index in [0.717, 1.165) is 29.4 Å². The van der Waals surface area contributed by atoms with Crippen molar-refractivity contribution >= 4 is 37.8 Å². The van der Waals surface area contributed by atoms with Gasteiger partial charge in [-0.05, 0) is 69.4 Å². The number of hydrogen-bond acceptors (Lipinski definition) is 8. The van der Waals surface area contributed by atoms with E-state index in [4.69, 9.17) is 18.9 Å². The van der Waals surface area contributed by atoms with Crippen molar-refractivity contribution in [3.63, 3.8) is 0 Å². The lowest BCUT2D eigenvalue weighted by Gasteiger charge is -2.29. The average molecular weight is 575 g/mol. The number of aromatic amines is 1. The number of nitrogens with zero attached hydrogens (tertiary/aromatic N) is 2. The first kappa shape index (κ1) is 27.0. The summed E-state index contributed by atoms with van der Waals surface area (Å²) in [5.74, 6) is 0.411. The van der Waals surface area contributed by atoms with Gasteiger partial charge in [-0.15, -0.1) is 0 Å². The van der Waals surface area contributed by atoms with Crippen molar-refractivity contribution in [2.24, 2.45) is 5.92 Å². The van der Waals surface area contributed by atoms with Crippen LogP contribution >= 0.6 is 0 Å². The molecule has 11 heteroatoms. The first-order valence-corrected chi connectivity index (χ1v) is 14.9. The summed E-state index contributed by atoms with van der Waals surface area (Å²) in [7, 11) is -4.22. The number of nitrogens with one attached hydrogen (secondary N) is 2. The molecule has 0 bridgehead atoms. The van der Waals surface area contributed by atoms with E-state index in [1.807, 2.05) is 57.2 Å². The second-order valence-electron chi connectivity index (χ2n) is 10.3. The molecule has 2 N–H and O–H groups in total. The van der Waals surface area contributed by atoms with Crippen molar-refractivity contribution < 1.29 is 27.1 Å². The SMILES string of the molecule is Cc1c(-c2cc(C(=O)NS(=O)(=O)c3ccn[nH]3)c3c(O[C@H](C)C4CCOCC4)ccc(C)c3n2)oc2ccccc12. The standard InChI is InChI=1S/C30H30N4O6S/c1-17-8-9-25(39-19(3)20-11-14-38-15-12-20)27-22(30(35)34-41(36,37)26-10-13-31-33-26)16-23(32-28(17)27)29-18(2)21-6-4-5-7-24(21)40-29/h4-10,13,16,19-20H,11-12,14-15H2,1-3H3,(H,31,33)(H,34,35)/t19-/m1/s1. The van der Waals surface area contributed by atoms with Gasteiger partial charge in [-0.3, -0.25) is 9.89 Å². The molecular formula is C30H30N4O6S. The van der Waals surface area contributed by atoms with E-state index in [-0.39, 0.29) is 22.6 Å². The number of aromatic nitrogens is 3. The number of amides is 1. The number of fused-ring (bicyclic) bond motifs is 2. The van der Waals surface area contributed by atoms with Gasteiger partial charge in [-0.2, -0.15) is 13.5 Å². The summed E-state index contributed by atoms with van der Waals surface area (Å²) in [6, 6.07) is 14.2. The van der Waals surface area contributed by atoms with Crippen molar-refractivity contribution in [2.45, 2.75) is 44.7 Å². The Morgan fingerprint density at radius 3 is 2.63 bits per heavy atom. The molecule has 1 saturated heterocycles. The molecule has 1 aliphatic rings. The first-order valence-electron chi connectivity index (χ1n) is 13.5. The molecule has 4 heterocycles. The number of hydrogen-bond donors (Lipinski definition) is 2. The molecule has 0 aliphatic carbocycles.